The number of hydrogen-bond donors (Lipinski definition) is 1. The van der Waals surface area contributed by atoms with Crippen LogP contribution in [0.4, 0.5) is 5.82 Å². The highest BCUT2D eigenvalue weighted by molar-refractivity contribution is 7.93. The Morgan fingerprint density at radius 3 is 2.89 bits per heavy atom. The minimum atomic E-state index is -3.54. The number of sulfonamides is 1. The van der Waals surface area contributed by atoms with Crippen LogP contribution in [0.25, 0.3) is 11.0 Å². The zero-order valence-electron chi connectivity index (χ0n) is 15.3. The van der Waals surface area contributed by atoms with Crippen molar-refractivity contribution in [3.05, 3.63) is 36.2 Å². The molecule has 1 saturated carbocycles. The van der Waals surface area contributed by atoms with Crippen LogP contribution in [0, 0.1) is 5.92 Å². The molecule has 0 bridgehead atoms. The third kappa shape index (κ3) is 3.39. The van der Waals surface area contributed by atoms with Gasteiger partial charge < -0.3 is 9.26 Å². The molecule has 2 unspecified atom stereocenters. The fraction of sp³-hybridized carbons (Fsp3) is 0.444. The lowest BCUT2D eigenvalue weighted by Crippen LogP contribution is -2.29. The minimum Gasteiger partial charge on any atom is -0.496 e. The summed E-state index contributed by atoms with van der Waals surface area (Å²) < 4.78 is 40.9. The standard InChI is InChI=1S/C18H22N4O4S/c1-12-5-3-6-16(12)27(23,24)21-18-17-14(25-2)9-13(10-15(17)26-20-18)11-22-8-4-7-19-22/h4,7-10,12,16H,3,5-6,11H2,1-2H3,(H,20,21). The van der Waals surface area contributed by atoms with Crippen LogP contribution in [0.15, 0.2) is 35.1 Å². The Balaban J connectivity index is 1.68. The molecule has 3 aromatic rings. The lowest BCUT2D eigenvalue weighted by molar-refractivity contribution is 0.418. The summed E-state index contributed by atoms with van der Waals surface area (Å²) in [5, 5.41) is 8.26. The summed E-state index contributed by atoms with van der Waals surface area (Å²) in [5.41, 5.74) is 1.38. The largest absolute Gasteiger partial charge is 0.496 e. The number of anilines is 1. The lowest BCUT2D eigenvalue weighted by Gasteiger charge is -2.16. The van der Waals surface area contributed by atoms with E-state index in [1.165, 1.54) is 7.11 Å². The molecule has 144 valence electrons. The van der Waals surface area contributed by atoms with Gasteiger partial charge in [0.15, 0.2) is 11.4 Å². The van der Waals surface area contributed by atoms with E-state index in [9.17, 15) is 8.42 Å². The van der Waals surface area contributed by atoms with Crippen molar-refractivity contribution < 1.29 is 17.7 Å². The van der Waals surface area contributed by atoms with Gasteiger partial charge in [0.05, 0.1) is 18.9 Å². The number of nitrogens with one attached hydrogen (secondary N) is 1. The molecule has 1 aromatic carbocycles. The number of hydrogen-bond acceptors (Lipinski definition) is 6. The van der Waals surface area contributed by atoms with E-state index >= 15 is 0 Å². The number of methoxy groups -OCH3 is 1. The molecule has 1 aliphatic carbocycles. The van der Waals surface area contributed by atoms with Gasteiger partial charge in [-0.3, -0.25) is 9.40 Å². The number of aromatic nitrogens is 3. The van der Waals surface area contributed by atoms with E-state index < -0.39 is 15.3 Å². The van der Waals surface area contributed by atoms with Gasteiger partial charge in [-0.05, 0) is 42.5 Å². The first-order valence-electron chi connectivity index (χ1n) is 8.93. The summed E-state index contributed by atoms with van der Waals surface area (Å²) in [7, 11) is -2.00. The molecule has 0 spiro atoms. The number of fused-ring (bicyclic) bond motifs is 1. The average molecular weight is 390 g/mol. The van der Waals surface area contributed by atoms with Gasteiger partial charge in [0.25, 0.3) is 0 Å². The topological polar surface area (TPSA) is 99.2 Å². The van der Waals surface area contributed by atoms with E-state index in [2.05, 4.69) is 15.0 Å². The first-order valence-corrected chi connectivity index (χ1v) is 10.5. The summed E-state index contributed by atoms with van der Waals surface area (Å²) in [4.78, 5) is 0. The van der Waals surface area contributed by atoms with Gasteiger partial charge in [-0.25, -0.2) is 8.42 Å². The summed E-state index contributed by atoms with van der Waals surface area (Å²) >= 11 is 0. The number of nitrogens with zero attached hydrogens (tertiary/aromatic N) is 3. The highest BCUT2D eigenvalue weighted by atomic mass is 32.2. The second-order valence-electron chi connectivity index (χ2n) is 7.00. The molecule has 4 rings (SSSR count). The first-order chi connectivity index (χ1) is 13.0. The van der Waals surface area contributed by atoms with E-state index in [4.69, 9.17) is 9.26 Å². The Morgan fingerprint density at radius 1 is 1.37 bits per heavy atom. The van der Waals surface area contributed by atoms with Crippen molar-refractivity contribution in [1.29, 1.82) is 0 Å². The van der Waals surface area contributed by atoms with E-state index in [0.29, 0.717) is 29.7 Å². The van der Waals surface area contributed by atoms with E-state index in [-0.39, 0.29) is 11.7 Å². The number of rotatable bonds is 6. The maximum atomic E-state index is 12.8. The predicted octanol–water partition coefficient (Wildman–Crippen LogP) is 3.01. The molecule has 0 amide bonds. The van der Waals surface area contributed by atoms with Gasteiger partial charge in [-0.2, -0.15) is 5.10 Å². The Hall–Kier alpha value is -2.55. The quantitative estimate of drug-likeness (QED) is 0.695. The summed E-state index contributed by atoms with van der Waals surface area (Å²) in [5.74, 6) is 0.808. The fourth-order valence-corrected chi connectivity index (χ4v) is 5.56. The maximum Gasteiger partial charge on any atom is 0.237 e. The van der Waals surface area contributed by atoms with Crippen LogP contribution in [0.1, 0.15) is 31.7 Å². The van der Waals surface area contributed by atoms with E-state index in [1.807, 2.05) is 31.3 Å². The molecule has 1 fully saturated rings. The molecule has 2 atom stereocenters. The van der Waals surface area contributed by atoms with Crippen molar-refractivity contribution in [1.82, 2.24) is 14.9 Å². The predicted molar refractivity (Wildman–Crippen MR) is 101 cm³/mol. The molecule has 2 heterocycles. The van der Waals surface area contributed by atoms with Gasteiger partial charge >= 0.3 is 0 Å². The summed E-state index contributed by atoms with van der Waals surface area (Å²) in [6, 6.07) is 5.51. The molecule has 27 heavy (non-hydrogen) atoms. The molecule has 8 nitrogen and oxygen atoms in total. The highest BCUT2D eigenvalue weighted by Crippen LogP contribution is 2.36. The second kappa shape index (κ2) is 6.88. The van der Waals surface area contributed by atoms with E-state index in [1.54, 1.807) is 10.9 Å². The second-order valence-corrected chi connectivity index (χ2v) is 8.90. The average Bonchev–Trinajstić information content (AvgIpc) is 3.36. The molecule has 2 aromatic heterocycles. The lowest BCUT2D eigenvalue weighted by atomic mass is 10.1. The van der Waals surface area contributed by atoms with Crippen LogP contribution < -0.4 is 9.46 Å². The first kappa shape index (κ1) is 17.8. The Labute approximate surface area is 157 Å². The molecule has 0 radical (unpaired) electrons. The number of ether oxygens (including phenoxy) is 1. The molecule has 1 aliphatic rings. The van der Waals surface area contributed by atoms with Crippen LogP contribution in [-0.4, -0.2) is 35.7 Å². The van der Waals surface area contributed by atoms with Crippen LogP contribution in [0.5, 0.6) is 5.75 Å². The molecule has 9 heteroatoms. The Morgan fingerprint density at radius 2 is 2.22 bits per heavy atom. The zero-order valence-corrected chi connectivity index (χ0v) is 16.1. The zero-order chi connectivity index (χ0) is 19.0. The highest BCUT2D eigenvalue weighted by Gasteiger charge is 2.35. The van der Waals surface area contributed by atoms with Gasteiger partial charge in [0.2, 0.25) is 10.0 Å². The van der Waals surface area contributed by atoms with Gasteiger partial charge in [0.1, 0.15) is 11.1 Å². The van der Waals surface area contributed by atoms with Crippen molar-refractivity contribution >= 4 is 26.8 Å². The smallest absolute Gasteiger partial charge is 0.237 e. The third-order valence-corrected chi connectivity index (χ3v) is 7.12. The van der Waals surface area contributed by atoms with E-state index in [0.717, 1.165) is 18.4 Å². The Kier molecular flexibility index (Phi) is 4.55. The molecular formula is C18H22N4O4S. The Bertz CT molecular complexity index is 1040. The van der Waals surface area contributed by atoms with Crippen LogP contribution in [0.3, 0.4) is 0 Å². The number of benzene rings is 1. The van der Waals surface area contributed by atoms with Crippen molar-refractivity contribution in [3.8, 4) is 5.75 Å². The van der Waals surface area contributed by atoms with Gasteiger partial charge in [-0.1, -0.05) is 18.5 Å². The molecule has 1 N–H and O–H groups in total. The SMILES string of the molecule is COc1cc(Cn2cccn2)cc2onc(NS(=O)(=O)C3CCCC3C)c12. The van der Waals surface area contributed by atoms with Crippen molar-refractivity contribution in [3.63, 3.8) is 0 Å². The van der Waals surface area contributed by atoms with Gasteiger partial charge in [-0.15, -0.1) is 0 Å². The normalized spacial score (nSPS) is 20.2. The maximum absolute atomic E-state index is 12.8. The minimum absolute atomic E-state index is 0.128. The summed E-state index contributed by atoms with van der Waals surface area (Å²) in [6.07, 6.45) is 6.08. The van der Waals surface area contributed by atoms with Crippen LogP contribution in [-0.2, 0) is 16.6 Å². The summed E-state index contributed by atoms with van der Waals surface area (Å²) in [6.45, 7) is 2.51. The molecule has 0 aliphatic heterocycles. The van der Waals surface area contributed by atoms with Crippen molar-refractivity contribution in [2.75, 3.05) is 11.8 Å². The molecular weight excluding hydrogens is 368 g/mol. The third-order valence-electron chi connectivity index (χ3n) is 5.14. The molecule has 0 saturated heterocycles. The van der Waals surface area contributed by atoms with Crippen molar-refractivity contribution in [2.24, 2.45) is 5.92 Å². The fourth-order valence-electron chi connectivity index (χ4n) is 3.78. The van der Waals surface area contributed by atoms with Gasteiger partial charge in [0, 0.05) is 12.4 Å². The van der Waals surface area contributed by atoms with Crippen LogP contribution >= 0.6 is 0 Å². The van der Waals surface area contributed by atoms with Crippen LogP contribution in [0.2, 0.25) is 0 Å². The monoisotopic (exact) mass is 390 g/mol. The van der Waals surface area contributed by atoms with Crippen molar-refractivity contribution in [2.45, 2.75) is 38.0 Å².